The minimum Gasteiger partial charge on any atom is -0.469 e. The molecule has 0 aliphatic rings. The molecule has 0 fully saturated rings. The molecule has 1 aromatic rings. The second-order valence-corrected chi connectivity index (χ2v) is 3.99. The fraction of sp³-hybridized carbons (Fsp3) is 0.375. The highest BCUT2D eigenvalue weighted by molar-refractivity contribution is 9.13. The molecule has 3 nitrogen and oxygen atoms in total. The molecule has 0 bridgehead atoms. The van der Waals surface area contributed by atoms with Gasteiger partial charge < -0.3 is 9.15 Å². The molecule has 5 heteroatoms. The summed E-state index contributed by atoms with van der Waals surface area (Å²) in [5, 5.41) is 0. The average Bonchev–Trinajstić information content (AvgIpc) is 2.42. The number of carbonyl (C=O) groups is 1. The second kappa shape index (κ2) is 4.81. The molecule has 0 amide bonds. The predicted molar refractivity (Wildman–Crippen MR) is 54.4 cm³/mol. The minimum absolute atomic E-state index is 0.233. The van der Waals surface area contributed by atoms with E-state index in [0.717, 1.165) is 10.2 Å². The molecule has 0 spiro atoms. The average molecular weight is 312 g/mol. The van der Waals surface area contributed by atoms with Crippen LogP contribution in [0.15, 0.2) is 19.6 Å². The standard InChI is InChI=1S/C8H8Br2O3/c1-12-7(11)3-2-5-4-6(9)8(10)13-5/h4H,2-3H2,1H3. The highest BCUT2D eigenvalue weighted by Gasteiger charge is 2.08. The van der Waals surface area contributed by atoms with Crippen LogP contribution in [0.4, 0.5) is 0 Å². The predicted octanol–water partition coefficient (Wildman–Crippen LogP) is 2.91. The van der Waals surface area contributed by atoms with E-state index in [0.29, 0.717) is 17.5 Å². The fourth-order valence-electron chi connectivity index (χ4n) is 0.842. The zero-order chi connectivity index (χ0) is 9.84. The van der Waals surface area contributed by atoms with Crippen molar-refractivity contribution in [2.75, 3.05) is 7.11 Å². The number of methoxy groups -OCH3 is 1. The van der Waals surface area contributed by atoms with Gasteiger partial charge in [-0.25, -0.2) is 0 Å². The third kappa shape index (κ3) is 3.15. The van der Waals surface area contributed by atoms with Crippen LogP contribution in [0.2, 0.25) is 0 Å². The number of rotatable bonds is 3. The van der Waals surface area contributed by atoms with Gasteiger partial charge in [0.2, 0.25) is 0 Å². The number of aryl methyl sites for hydroxylation is 1. The maximum absolute atomic E-state index is 10.8. The molecule has 0 radical (unpaired) electrons. The monoisotopic (exact) mass is 310 g/mol. The molecule has 0 saturated carbocycles. The Labute approximate surface area is 92.7 Å². The van der Waals surface area contributed by atoms with Gasteiger partial charge in [0, 0.05) is 6.42 Å². The van der Waals surface area contributed by atoms with Gasteiger partial charge in [-0.3, -0.25) is 4.79 Å². The Kier molecular flexibility index (Phi) is 3.99. The van der Waals surface area contributed by atoms with Gasteiger partial charge in [-0.05, 0) is 37.9 Å². The molecule has 0 saturated heterocycles. The summed E-state index contributed by atoms with van der Waals surface area (Å²) < 4.78 is 11.3. The number of esters is 1. The van der Waals surface area contributed by atoms with E-state index in [1.165, 1.54) is 7.11 Å². The molecule has 13 heavy (non-hydrogen) atoms. The molecule has 0 N–H and O–H groups in total. The van der Waals surface area contributed by atoms with Crippen molar-refractivity contribution in [2.45, 2.75) is 12.8 Å². The third-order valence-electron chi connectivity index (χ3n) is 1.50. The molecule has 0 aromatic carbocycles. The largest absolute Gasteiger partial charge is 0.469 e. The van der Waals surface area contributed by atoms with Gasteiger partial charge in [0.15, 0.2) is 4.67 Å². The van der Waals surface area contributed by atoms with Crippen LogP contribution >= 0.6 is 31.9 Å². The first-order chi connectivity index (χ1) is 6.13. The quantitative estimate of drug-likeness (QED) is 0.806. The Bertz CT molecular complexity index is 287. The van der Waals surface area contributed by atoms with Gasteiger partial charge in [0.1, 0.15) is 5.76 Å². The van der Waals surface area contributed by atoms with Crippen molar-refractivity contribution in [2.24, 2.45) is 0 Å². The van der Waals surface area contributed by atoms with Crippen molar-refractivity contribution in [3.8, 4) is 0 Å². The van der Waals surface area contributed by atoms with E-state index in [9.17, 15) is 4.79 Å². The molecular formula is C8H8Br2O3. The summed E-state index contributed by atoms with van der Waals surface area (Å²) >= 11 is 6.49. The summed E-state index contributed by atoms with van der Waals surface area (Å²) in [5.41, 5.74) is 0. The lowest BCUT2D eigenvalue weighted by atomic mass is 10.2. The minimum atomic E-state index is -0.233. The number of hydrogen-bond acceptors (Lipinski definition) is 3. The molecule has 1 heterocycles. The van der Waals surface area contributed by atoms with Crippen LogP contribution in [-0.4, -0.2) is 13.1 Å². The van der Waals surface area contributed by atoms with Crippen LogP contribution < -0.4 is 0 Å². The number of carbonyl (C=O) groups excluding carboxylic acids is 1. The first kappa shape index (κ1) is 10.8. The van der Waals surface area contributed by atoms with Crippen molar-refractivity contribution < 1.29 is 13.9 Å². The number of halogens is 2. The zero-order valence-corrected chi connectivity index (χ0v) is 10.1. The van der Waals surface area contributed by atoms with E-state index in [-0.39, 0.29) is 5.97 Å². The summed E-state index contributed by atoms with van der Waals surface area (Å²) in [6.45, 7) is 0. The molecule has 0 aliphatic carbocycles. The number of hydrogen-bond donors (Lipinski definition) is 0. The van der Waals surface area contributed by atoms with Gasteiger partial charge in [-0.15, -0.1) is 0 Å². The Morgan fingerprint density at radius 1 is 1.62 bits per heavy atom. The normalized spacial score (nSPS) is 10.1. The molecule has 0 unspecified atom stereocenters. The fourth-order valence-corrected chi connectivity index (χ4v) is 1.50. The second-order valence-electron chi connectivity index (χ2n) is 2.41. The van der Waals surface area contributed by atoms with E-state index < -0.39 is 0 Å². The highest BCUT2D eigenvalue weighted by Crippen LogP contribution is 2.27. The van der Waals surface area contributed by atoms with Crippen molar-refractivity contribution in [3.63, 3.8) is 0 Å². The summed E-state index contributed by atoms with van der Waals surface area (Å²) in [7, 11) is 1.37. The van der Waals surface area contributed by atoms with Gasteiger partial charge in [0.25, 0.3) is 0 Å². The zero-order valence-electron chi connectivity index (χ0n) is 6.97. The van der Waals surface area contributed by atoms with Crippen LogP contribution in [0.1, 0.15) is 12.2 Å². The SMILES string of the molecule is COC(=O)CCc1cc(Br)c(Br)o1. The maximum atomic E-state index is 10.8. The van der Waals surface area contributed by atoms with Gasteiger partial charge in [-0.1, -0.05) is 0 Å². The lowest BCUT2D eigenvalue weighted by molar-refractivity contribution is -0.140. The lowest BCUT2D eigenvalue weighted by Gasteiger charge is -1.95. The lowest BCUT2D eigenvalue weighted by Crippen LogP contribution is -2.01. The smallest absolute Gasteiger partial charge is 0.305 e. The third-order valence-corrected chi connectivity index (χ3v) is 3.21. The maximum Gasteiger partial charge on any atom is 0.305 e. The Morgan fingerprint density at radius 2 is 2.31 bits per heavy atom. The van der Waals surface area contributed by atoms with Gasteiger partial charge in [-0.2, -0.15) is 0 Å². The molecule has 0 atom stereocenters. The van der Waals surface area contributed by atoms with Crippen LogP contribution in [0.5, 0.6) is 0 Å². The van der Waals surface area contributed by atoms with Crippen molar-refractivity contribution in [1.29, 1.82) is 0 Å². The van der Waals surface area contributed by atoms with E-state index in [1.54, 1.807) is 0 Å². The molecule has 0 aliphatic heterocycles. The summed E-state index contributed by atoms with van der Waals surface area (Å²) in [4.78, 5) is 10.8. The molecule has 1 aromatic heterocycles. The first-order valence-corrected chi connectivity index (χ1v) is 5.22. The summed E-state index contributed by atoms with van der Waals surface area (Å²) in [6.07, 6.45) is 0.889. The first-order valence-electron chi connectivity index (χ1n) is 3.64. The highest BCUT2D eigenvalue weighted by atomic mass is 79.9. The Hall–Kier alpha value is -0.290. The Morgan fingerprint density at radius 3 is 2.77 bits per heavy atom. The van der Waals surface area contributed by atoms with Crippen molar-refractivity contribution in [3.05, 3.63) is 21.0 Å². The summed E-state index contributed by atoms with van der Waals surface area (Å²) in [5.74, 6) is 0.521. The van der Waals surface area contributed by atoms with E-state index in [2.05, 4.69) is 36.6 Å². The van der Waals surface area contributed by atoms with Crippen LogP contribution in [0.3, 0.4) is 0 Å². The topological polar surface area (TPSA) is 39.4 Å². The molecular weight excluding hydrogens is 304 g/mol. The van der Waals surface area contributed by atoms with Gasteiger partial charge >= 0.3 is 5.97 Å². The van der Waals surface area contributed by atoms with E-state index >= 15 is 0 Å². The van der Waals surface area contributed by atoms with Crippen molar-refractivity contribution in [1.82, 2.24) is 0 Å². The van der Waals surface area contributed by atoms with Crippen LogP contribution in [0, 0.1) is 0 Å². The number of ether oxygens (including phenoxy) is 1. The summed E-state index contributed by atoms with van der Waals surface area (Å²) in [6, 6.07) is 1.83. The van der Waals surface area contributed by atoms with E-state index in [4.69, 9.17) is 4.42 Å². The van der Waals surface area contributed by atoms with E-state index in [1.807, 2.05) is 6.07 Å². The van der Waals surface area contributed by atoms with Crippen molar-refractivity contribution >= 4 is 37.8 Å². The van der Waals surface area contributed by atoms with Crippen LogP contribution in [-0.2, 0) is 16.0 Å². The molecule has 1 rings (SSSR count). The molecule has 72 valence electrons. The Balaban J connectivity index is 2.50. The van der Waals surface area contributed by atoms with Gasteiger partial charge in [0.05, 0.1) is 18.0 Å². The van der Waals surface area contributed by atoms with Crippen LogP contribution in [0.25, 0.3) is 0 Å². The number of furan rings is 1.